The Morgan fingerprint density at radius 3 is 2.65 bits per heavy atom. The second kappa shape index (κ2) is 5.96. The Morgan fingerprint density at radius 2 is 2.05 bits per heavy atom. The summed E-state index contributed by atoms with van der Waals surface area (Å²) in [6, 6.07) is 9.41. The number of fused-ring (bicyclic) bond motifs is 2. The van der Waals surface area contributed by atoms with Crippen molar-refractivity contribution in [2.24, 2.45) is 17.8 Å². The number of nitrogens with one attached hydrogen (secondary N) is 1. The Hall–Kier alpha value is -1.35. The Morgan fingerprint density at radius 1 is 1.25 bits per heavy atom. The second-order valence-electron chi connectivity index (χ2n) is 6.35. The summed E-state index contributed by atoms with van der Waals surface area (Å²) in [4.78, 5) is 12.2. The summed E-state index contributed by atoms with van der Waals surface area (Å²) in [6.07, 6.45) is 5.87. The van der Waals surface area contributed by atoms with Crippen molar-refractivity contribution in [3.05, 3.63) is 35.9 Å². The van der Waals surface area contributed by atoms with Gasteiger partial charge < -0.3 is 10.4 Å². The zero-order valence-corrected chi connectivity index (χ0v) is 11.8. The molecule has 1 amide bonds. The number of carbonyl (C=O) groups is 1. The highest BCUT2D eigenvalue weighted by Crippen LogP contribution is 2.49. The second-order valence-corrected chi connectivity index (χ2v) is 6.35. The predicted octanol–water partition coefficient (Wildman–Crippen LogP) is 2.66. The van der Waals surface area contributed by atoms with E-state index in [0.29, 0.717) is 12.3 Å². The van der Waals surface area contributed by atoms with Crippen LogP contribution in [0.4, 0.5) is 0 Å². The fourth-order valence-electron chi connectivity index (χ4n) is 4.04. The quantitative estimate of drug-likeness (QED) is 0.866. The van der Waals surface area contributed by atoms with Crippen LogP contribution < -0.4 is 5.32 Å². The molecule has 4 atom stereocenters. The van der Waals surface area contributed by atoms with Gasteiger partial charge in [-0.1, -0.05) is 36.8 Å². The van der Waals surface area contributed by atoms with Crippen LogP contribution in [-0.2, 0) is 4.79 Å². The van der Waals surface area contributed by atoms with Crippen molar-refractivity contribution < 1.29 is 9.90 Å². The molecular weight excluding hydrogens is 250 g/mol. The lowest BCUT2D eigenvalue weighted by Gasteiger charge is -2.23. The molecule has 1 aromatic carbocycles. The summed E-state index contributed by atoms with van der Waals surface area (Å²) in [7, 11) is 0. The van der Waals surface area contributed by atoms with E-state index < -0.39 is 0 Å². The monoisotopic (exact) mass is 273 g/mol. The highest BCUT2D eigenvalue weighted by molar-refractivity contribution is 5.76. The highest BCUT2D eigenvalue weighted by Gasteiger charge is 2.40. The van der Waals surface area contributed by atoms with Crippen molar-refractivity contribution in [3.8, 4) is 0 Å². The maximum absolute atomic E-state index is 12.2. The lowest BCUT2D eigenvalue weighted by atomic mass is 9.86. The van der Waals surface area contributed by atoms with E-state index in [4.69, 9.17) is 0 Å². The minimum absolute atomic E-state index is 0.0491. The molecule has 2 bridgehead atoms. The van der Waals surface area contributed by atoms with Gasteiger partial charge in [0.05, 0.1) is 12.6 Å². The van der Waals surface area contributed by atoms with Crippen LogP contribution in [0.15, 0.2) is 30.3 Å². The average molecular weight is 273 g/mol. The first-order valence-corrected chi connectivity index (χ1v) is 7.71. The van der Waals surface area contributed by atoms with Gasteiger partial charge >= 0.3 is 0 Å². The third kappa shape index (κ3) is 2.88. The van der Waals surface area contributed by atoms with Crippen molar-refractivity contribution in [2.45, 2.75) is 38.1 Å². The number of hydrogen-bond acceptors (Lipinski definition) is 2. The van der Waals surface area contributed by atoms with Crippen LogP contribution >= 0.6 is 0 Å². The molecule has 3 rings (SSSR count). The normalized spacial score (nSPS) is 29.4. The van der Waals surface area contributed by atoms with Crippen LogP contribution in [-0.4, -0.2) is 17.6 Å². The molecule has 0 aliphatic heterocycles. The maximum atomic E-state index is 12.2. The van der Waals surface area contributed by atoms with Gasteiger partial charge in [0.15, 0.2) is 0 Å². The first-order chi connectivity index (χ1) is 9.76. The van der Waals surface area contributed by atoms with Crippen LogP contribution in [0, 0.1) is 17.8 Å². The third-order valence-corrected chi connectivity index (χ3v) is 5.05. The number of benzene rings is 1. The molecule has 2 aliphatic rings. The van der Waals surface area contributed by atoms with Crippen molar-refractivity contribution in [3.63, 3.8) is 0 Å². The van der Waals surface area contributed by atoms with Gasteiger partial charge in [0.25, 0.3) is 0 Å². The fraction of sp³-hybridized carbons (Fsp3) is 0.588. The van der Waals surface area contributed by atoms with Crippen molar-refractivity contribution in [1.29, 1.82) is 0 Å². The molecule has 0 saturated heterocycles. The molecule has 2 aliphatic carbocycles. The maximum Gasteiger partial charge on any atom is 0.220 e. The summed E-state index contributed by atoms with van der Waals surface area (Å²) >= 11 is 0. The standard InChI is InChI=1S/C17H23NO2/c19-11-16(13-4-2-1-3-5-13)18-17(20)10-15-9-12-6-7-14(15)8-12/h1-5,12,14-16,19H,6-11H2,(H,18,20)/t12?,14?,15?,16-/m1/s1. The first-order valence-electron chi connectivity index (χ1n) is 7.71. The zero-order chi connectivity index (χ0) is 13.9. The topological polar surface area (TPSA) is 49.3 Å². The number of hydrogen-bond donors (Lipinski definition) is 2. The molecule has 0 radical (unpaired) electrons. The molecule has 3 nitrogen and oxygen atoms in total. The molecule has 3 unspecified atom stereocenters. The number of carbonyl (C=O) groups excluding carboxylic acids is 1. The summed E-state index contributed by atoms with van der Waals surface area (Å²) in [6.45, 7) is -0.0491. The minimum Gasteiger partial charge on any atom is -0.394 e. The van der Waals surface area contributed by atoms with Crippen LogP contribution in [0.2, 0.25) is 0 Å². The summed E-state index contributed by atoms with van der Waals surface area (Å²) in [5.74, 6) is 2.31. The molecule has 2 saturated carbocycles. The Labute approximate surface area is 120 Å². The van der Waals surface area contributed by atoms with Crippen LogP contribution in [0.5, 0.6) is 0 Å². The number of amides is 1. The molecule has 1 aromatic rings. The minimum atomic E-state index is -0.276. The lowest BCUT2D eigenvalue weighted by molar-refractivity contribution is -0.123. The van der Waals surface area contributed by atoms with Crippen LogP contribution in [0.25, 0.3) is 0 Å². The summed E-state index contributed by atoms with van der Waals surface area (Å²) < 4.78 is 0. The van der Waals surface area contributed by atoms with Gasteiger partial charge in [0.2, 0.25) is 5.91 Å². The molecule has 20 heavy (non-hydrogen) atoms. The van der Waals surface area contributed by atoms with Gasteiger partial charge in [-0.15, -0.1) is 0 Å². The van der Waals surface area contributed by atoms with Gasteiger partial charge in [-0.2, -0.15) is 0 Å². The summed E-state index contributed by atoms with van der Waals surface area (Å²) in [5.41, 5.74) is 0.969. The lowest BCUT2D eigenvalue weighted by Crippen LogP contribution is -2.32. The summed E-state index contributed by atoms with van der Waals surface area (Å²) in [5, 5.41) is 12.5. The molecule has 108 valence electrons. The Bertz CT molecular complexity index is 459. The van der Waals surface area contributed by atoms with E-state index in [1.165, 1.54) is 25.7 Å². The van der Waals surface area contributed by atoms with E-state index in [2.05, 4.69) is 5.32 Å². The van der Waals surface area contributed by atoms with E-state index in [1.54, 1.807) is 0 Å². The van der Waals surface area contributed by atoms with E-state index >= 15 is 0 Å². The first kappa shape index (κ1) is 13.6. The van der Waals surface area contributed by atoms with Gasteiger partial charge in [0, 0.05) is 6.42 Å². The molecule has 0 heterocycles. The molecular formula is C17H23NO2. The average Bonchev–Trinajstić information content (AvgIpc) is 3.08. The highest BCUT2D eigenvalue weighted by atomic mass is 16.3. The number of aliphatic hydroxyl groups is 1. The van der Waals surface area contributed by atoms with E-state index in [9.17, 15) is 9.90 Å². The van der Waals surface area contributed by atoms with Crippen molar-refractivity contribution in [2.75, 3.05) is 6.61 Å². The van der Waals surface area contributed by atoms with E-state index in [1.807, 2.05) is 30.3 Å². The predicted molar refractivity (Wildman–Crippen MR) is 78.0 cm³/mol. The number of aliphatic hydroxyl groups excluding tert-OH is 1. The largest absolute Gasteiger partial charge is 0.394 e. The van der Waals surface area contributed by atoms with Crippen LogP contribution in [0.1, 0.15) is 43.7 Å². The van der Waals surface area contributed by atoms with Gasteiger partial charge in [-0.05, 0) is 42.6 Å². The third-order valence-electron chi connectivity index (χ3n) is 5.05. The van der Waals surface area contributed by atoms with Crippen LogP contribution in [0.3, 0.4) is 0 Å². The zero-order valence-electron chi connectivity index (χ0n) is 11.8. The SMILES string of the molecule is O=C(CC1CC2CCC1C2)N[C@H](CO)c1ccccc1. The van der Waals surface area contributed by atoms with E-state index in [0.717, 1.165) is 17.4 Å². The molecule has 0 spiro atoms. The van der Waals surface area contributed by atoms with Crippen molar-refractivity contribution >= 4 is 5.91 Å². The molecule has 0 aromatic heterocycles. The Kier molecular flexibility index (Phi) is 4.06. The van der Waals surface area contributed by atoms with E-state index in [-0.39, 0.29) is 18.6 Å². The molecule has 2 N–H and O–H groups in total. The van der Waals surface area contributed by atoms with Gasteiger partial charge in [0.1, 0.15) is 0 Å². The Balaban J connectivity index is 1.55. The van der Waals surface area contributed by atoms with Gasteiger partial charge in [-0.25, -0.2) is 0 Å². The molecule has 3 heteroatoms. The number of rotatable bonds is 5. The fourth-order valence-corrected chi connectivity index (χ4v) is 4.04. The van der Waals surface area contributed by atoms with Gasteiger partial charge in [-0.3, -0.25) is 4.79 Å². The smallest absolute Gasteiger partial charge is 0.220 e. The van der Waals surface area contributed by atoms with Crippen molar-refractivity contribution in [1.82, 2.24) is 5.32 Å². The molecule has 2 fully saturated rings.